The minimum Gasteiger partial charge on any atom is -0.480 e. The third-order valence-electron chi connectivity index (χ3n) is 1.71. The van der Waals surface area contributed by atoms with E-state index in [2.05, 4.69) is 17.6 Å². The molecule has 100 valence electrons. The van der Waals surface area contributed by atoms with Gasteiger partial charge in [-0.2, -0.15) is 11.8 Å². The largest absolute Gasteiger partial charge is 0.480 e. The highest BCUT2D eigenvalue weighted by molar-refractivity contribution is 7.99. The highest BCUT2D eigenvalue weighted by Gasteiger charge is 2.05. The van der Waals surface area contributed by atoms with Crippen molar-refractivity contribution in [1.82, 2.24) is 10.6 Å². The zero-order valence-corrected chi connectivity index (χ0v) is 11.0. The fourth-order valence-electron chi connectivity index (χ4n) is 1.01. The lowest BCUT2D eigenvalue weighted by atomic mass is 10.4. The summed E-state index contributed by atoms with van der Waals surface area (Å²) in [5, 5.41) is 13.7. The van der Waals surface area contributed by atoms with Gasteiger partial charge in [-0.3, -0.25) is 0 Å². The highest BCUT2D eigenvalue weighted by atomic mass is 32.2. The second-order valence-corrected chi connectivity index (χ2v) is 4.73. The van der Waals surface area contributed by atoms with Crippen LogP contribution in [0.15, 0.2) is 0 Å². The maximum atomic E-state index is 11.3. The fourth-order valence-corrected chi connectivity index (χ4v) is 1.68. The van der Waals surface area contributed by atoms with Crippen LogP contribution in [-0.2, 0) is 9.53 Å². The van der Waals surface area contributed by atoms with E-state index in [0.29, 0.717) is 6.54 Å². The van der Waals surface area contributed by atoms with Crippen LogP contribution in [-0.4, -0.2) is 54.4 Å². The summed E-state index contributed by atoms with van der Waals surface area (Å²) in [6, 6.07) is -0.145. The smallest absolute Gasteiger partial charge is 0.329 e. The first-order chi connectivity index (χ1) is 8.06. The molecule has 7 heteroatoms. The Morgan fingerprint density at radius 2 is 2.18 bits per heavy atom. The van der Waals surface area contributed by atoms with Crippen molar-refractivity contribution in [3.63, 3.8) is 0 Å². The van der Waals surface area contributed by atoms with E-state index in [-0.39, 0.29) is 25.3 Å². The SMILES string of the molecule is CCSCC(C)NC(=O)NCCOCC(=O)O. The van der Waals surface area contributed by atoms with Crippen LogP contribution in [0.5, 0.6) is 0 Å². The molecule has 0 saturated carbocycles. The Bertz CT molecular complexity index is 238. The molecule has 0 spiro atoms. The van der Waals surface area contributed by atoms with Gasteiger partial charge in [-0.1, -0.05) is 6.92 Å². The van der Waals surface area contributed by atoms with Gasteiger partial charge in [0.1, 0.15) is 6.61 Å². The first kappa shape index (κ1) is 16.1. The molecular weight excluding hydrogens is 244 g/mol. The number of amides is 2. The van der Waals surface area contributed by atoms with E-state index in [4.69, 9.17) is 9.84 Å². The molecule has 0 aliphatic carbocycles. The summed E-state index contributed by atoms with van der Waals surface area (Å²) >= 11 is 1.76. The molecule has 0 rings (SSSR count). The van der Waals surface area contributed by atoms with Crippen LogP contribution in [0.25, 0.3) is 0 Å². The van der Waals surface area contributed by atoms with Crippen LogP contribution in [0.4, 0.5) is 4.79 Å². The second kappa shape index (κ2) is 10.2. The van der Waals surface area contributed by atoms with E-state index < -0.39 is 5.97 Å². The van der Waals surface area contributed by atoms with Crippen molar-refractivity contribution in [3.8, 4) is 0 Å². The lowest BCUT2D eigenvalue weighted by molar-refractivity contribution is -0.142. The Hall–Kier alpha value is -0.950. The van der Waals surface area contributed by atoms with E-state index in [0.717, 1.165) is 11.5 Å². The Morgan fingerprint density at radius 1 is 1.47 bits per heavy atom. The van der Waals surface area contributed by atoms with Gasteiger partial charge in [-0.15, -0.1) is 0 Å². The van der Waals surface area contributed by atoms with Crippen molar-refractivity contribution in [2.24, 2.45) is 0 Å². The van der Waals surface area contributed by atoms with Crippen LogP contribution in [0.3, 0.4) is 0 Å². The standard InChI is InChI=1S/C10H20N2O4S/c1-3-17-7-8(2)12-10(15)11-4-5-16-6-9(13)14/h8H,3-7H2,1-2H3,(H,13,14)(H2,11,12,15). The summed E-state index contributed by atoms with van der Waals surface area (Å²) in [6.07, 6.45) is 0. The average Bonchev–Trinajstić information content (AvgIpc) is 2.25. The Morgan fingerprint density at radius 3 is 2.76 bits per heavy atom. The van der Waals surface area contributed by atoms with E-state index in [1.54, 1.807) is 11.8 Å². The molecule has 0 aromatic rings. The summed E-state index contributed by atoms with van der Waals surface area (Å²) in [6.45, 7) is 4.15. The molecule has 2 amide bonds. The maximum absolute atomic E-state index is 11.3. The zero-order valence-electron chi connectivity index (χ0n) is 10.2. The lowest BCUT2D eigenvalue weighted by Crippen LogP contribution is -2.43. The predicted molar refractivity (Wildman–Crippen MR) is 67.5 cm³/mol. The van der Waals surface area contributed by atoms with Gasteiger partial charge >= 0.3 is 12.0 Å². The number of hydrogen-bond donors (Lipinski definition) is 3. The van der Waals surface area contributed by atoms with Crippen LogP contribution in [0.1, 0.15) is 13.8 Å². The monoisotopic (exact) mass is 264 g/mol. The number of carboxylic acids is 1. The van der Waals surface area contributed by atoms with Crippen LogP contribution < -0.4 is 10.6 Å². The third kappa shape index (κ3) is 11.3. The fraction of sp³-hybridized carbons (Fsp3) is 0.800. The molecule has 0 fully saturated rings. The van der Waals surface area contributed by atoms with Crippen LogP contribution in [0.2, 0.25) is 0 Å². The van der Waals surface area contributed by atoms with Crippen LogP contribution in [0, 0.1) is 0 Å². The van der Waals surface area contributed by atoms with E-state index in [1.807, 2.05) is 6.92 Å². The number of carbonyl (C=O) groups is 2. The summed E-state index contributed by atoms with van der Waals surface area (Å²) < 4.78 is 4.77. The number of nitrogens with one attached hydrogen (secondary N) is 2. The average molecular weight is 264 g/mol. The van der Waals surface area contributed by atoms with Gasteiger partial charge in [0.2, 0.25) is 0 Å². The molecule has 0 bridgehead atoms. The minimum atomic E-state index is -1.01. The molecule has 1 atom stereocenters. The van der Waals surface area contributed by atoms with Gasteiger partial charge in [0.15, 0.2) is 0 Å². The summed E-state index contributed by atoms with van der Waals surface area (Å²) in [5.41, 5.74) is 0. The number of hydrogen-bond acceptors (Lipinski definition) is 4. The molecule has 17 heavy (non-hydrogen) atoms. The summed E-state index contributed by atoms with van der Waals surface area (Å²) in [7, 11) is 0. The first-order valence-electron chi connectivity index (χ1n) is 5.48. The number of urea groups is 1. The molecule has 0 heterocycles. The van der Waals surface area contributed by atoms with Crippen molar-refractivity contribution >= 4 is 23.8 Å². The molecule has 0 saturated heterocycles. The van der Waals surface area contributed by atoms with Crippen molar-refractivity contribution in [3.05, 3.63) is 0 Å². The van der Waals surface area contributed by atoms with Crippen molar-refractivity contribution in [2.75, 3.05) is 31.3 Å². The van der Waals surface area contributed by atoms with Gasteiger partial charge in [0.25, 0.3) is 0 Å². The van der Waals surface area contributed by atoms with Crippen molar-refractivity contribution < 1.29 is 19.4 Å². The molecule has 6 nitrogen and oxygen atoms in total. The number of ether oxygens (including phenoxy) is 1. The molecule has 0 aromatic carbocycles. The van der Waals surface area contributed by atoms with Gasteiger partial charge in [0, 0.05) is 18.3 Å². The number of carboxylic acid groups (broad SMARTS) is 1. The highest BCUT2D eigenvalue weighted by Crippen LogP contribution is 2.00. The van der Waals surface area contributed by atoms with E-state index in [1.165, 1.54) is 0 Å². The normalized spacial score (nSPS) is 11.9. The number of thioether (sulfide) groups is 1. The molecule has 3 N–H and O–H groups in total. The third-order valence-corrected chi connectivity index (χ3v) is 2.85. The number of aliphatic carboxylic acids is 1. The van der Waals surface area contributed by atoms with Gasteiger partial charge in [-0.25, -0.2) is 9.59 Å². The maximum Gasteiger partial charge on any atom is 0.329 e. The van der Waals surface area contributed by atoms with Gasteiger partial charge < -0.3 is 20.5 Å². The molecular formula is C10H20N2O4S. The van der Waals surface area contributed by atoms with Crippen molar-refractivity contribution in [2.45, 2.75) is 19.9 Å². The quantitative estimate of drug-likeness (QED) is 0.529. The second-order valence-electron chi connectivity index (χ2n) is 3.41. The van der Waals surface area contributed by atoms with Gasteiger partial charge in [-0.05, 0) is 12.7 Å². The molecule has 0 aliphatic heterocycles. The topological polar surface area (TPSA) is 87.7 Å². The Labute approximate surface area is 105 Å². The number of carbonyl (C=O) groups excluding carboxylic acids is 1. The van der Waals surface area contributed by atoms with Gasteiger partial charge in [0.05, 0.1) is 6.61 Å². The molecule has 0 aromatic heterocycles. The Kier molecular flexibility index (Phi) is 9.65. The predicted octanol–water partition coefficient (Wildman–Crippen LogP) is 0.528. The Balaban J connectivity index is 3.42. The van der Waals surface area contributed by atoms with Crippen LogP contribution >= 0.6 is 11.8 Å². The molecule has 0 radical (unpaired) electrons. The molecule has 0 aliphatic rings. The summed E-state index contributed by atoms with van der Waals surface area (Å²) in [4.78, 5) is 21.4. The zero-order chi connectivity index (χ0) is 13.1. The van der Waals surface area contributed by atoms with E-state index in [9.17, 15) is 9.59 Å². The number of rotatable bonds is 9. The first-order valence-corrected chi connectivity index (χ1v) is 6.63. The lowest BCUT2D eigenvalue weighted by Gasteiger charge is -2.13. The summed E-state index contributed by atoms with van der Waals surface area (Å²) in [5.74, 6) is 0.885. The minimum absolute atomic E-state index is 0.111. The van der Waals surface area contributed by atoms with E-state index >= 15 is 0 Å². The van der Waals surface area contributed by atoms with Crippen molar-refractivity contribution in [1.29, 1.82) is 0 Å². The molecule has 1 unspecified atom stereocenters.